The van der Waals surface area contributed by atoms with Crippen molar-refractivity contribution in [2.75, 3.05) is 7.11 Å². The second-order valence-electron chi connectivity index (χ2n) is 5.63. The number of H-pyrrole nitrogens is 1. The van der Waals surface area contributed by atoms with Crippen LogP contribution in [-0.2, 0) is 24.4 Å². The van der Waals surface area contributed by atoms with E-state index in [4.69, 9.17) is 4.74 Å². The number of ether oxygens (including phenoxy) is 1. The Hall–Kier alpha value is -2.50. The molecule has 0 aliphatic heterocycles. The van der Waals surface area contributed by atoms with Crippen LogP contribution in [0.3, 0.4) is 0 Å². The monoisotopic (exact) mass is 325 g/mol. The Balaban J connectivity index is 1.59. The lowest BCUT2D eigenvalue weighted by molar-refractivity contribution is 0.185. The van der Waals surface area contributed by atoms with E-state index in [0.29, 0.717) is 13.2 Å². The lowest BCUT2D eigenvalue weighted by atomic mass is 10.1. The van der Waals surface area contributed by atoms with E-state index < -0.39 is 0 Å². The zero-order chi connectivity index (χ0) is 16.8. The Labute approximate surface area is 140 Å². The van der Waals surface area contributed by atoms with E-state index in [-0.39, 0.29) is 5.82 Å². The number of methoxy groups -OCH3 is 1. The normalized spacial score (nSPS) is 10.9. The maximum absolute atomic E-state index is 13.0. The first-order valence-electron chi connectivity index (χ1n) is 7.82. The molecule has 0 unspecified atom stereocenters. The van der Waals surface area contributed by atoms with Gasteiger partial charge in [-0.2, -0.15) is 5.10 Å². The lowest BCUT2D eigenvalue weighted by Gasteiger charge is -2.07. The fourth-order valence-corrected chi connectivity index (χ4v) is 2.57. The van der Waals surface area contributed by atoms with Crippen LogP contribution in [0.1, 0.15) is 16.7 Å². The van der Waals surface area contributed by atoms with Gasteiger partial charge in [-0.15, -0.1) is 0 Å². The lowest BCUT2D eigenvalue weighted by Crippen LogP contribution is -2.12. The molecule has 0 radical (unpaired) electrons. The number of nitrogens with one attached hydrogen (secondary N) is 2. The standard InChI is InChI=1S/C19H20FN3O/c1-24-13-15-4-2-14(3-5-15)10-21-11-17-12-22-23-19(17)16-6-8-18(20)9-7-16/h2-9,12,21H,10-11,13H2,1H3,(H,22,23). The fraction of sp³-hybridized carbons (Fsp3) is 0.211. The number of benzene rings is 2. The largest absolute Gasteiger partial charge is 0.380 e. The van der Waals surface area contributed by atoms with Gasteiger partial charge < -0.3 is 10.1 Å². The molecular weight excluding hydrogens is 305 g/mol. The molecular formula is C19H20FN3O. The van der Waals surface area contributed by atoms with Crippen LogP contribution in [0.15, 0.2) is 54.7 Å². The van der Waals surface area contributed by atoms with Gasteiger partial charge in [-0.3, -0.25) is 5.10 Å². The summed E-state index contributed by atoms with van der Waals surface area (Å²) in [6.07, 6.45) is 1.80. The number of hydrogen-bond donors (Lipinski definition) is 2. The van der Waals surface area contributed by atoms with E-state index in [2.05, 4.69) is 39.8 Å². The molecule has 2 aromatic carbocycles. The first-order chi connectivity index (χ1) is 11.8. The molecule has 124 valence electrons. The zero-order valence-corrected chi connectivity index (χ0v) is 13.6. The molecule has 1 aromatic heterocycles. The zero-order valence-electron chi connectivity index (χ0n) is 13.6. The molecule has 0 saturated carbocycles. The van der Waals surface area contributed by atoms with Crippen LogP contribution in [0, 0.1) is 5.82 Å². The van der Waals surface area contributed by atoms with E-state index >= 15 is 0 Å². The molecule has 0 aliphatic rings. The molecule has 5 heteroatoms. The Bertz CT molecular complexity index is 766. The van der Waals surface area contributed by atoms with E-state index in [1.54, 1.807) is 25.4 Å². The average molecular weight is 325 g/mol. The Morgan fingerprint density at radius 1 is 1.00 bits per heavy atom. The summed E-state index contributed by atoms with van der Waals surface area (Å²) in [7, 11) is 1.69. The van der Waals surface area contributed by atoms with Gasteiger partial charge in [0.2, 0.25) is 0 Å². The van der Waals surface area contributed by atoms with Crippen molar-refractivity contribution >= 4 is 0 Å². The molecule has 0 fully saturated rings. The maximum Gasteiger partial charge on any atom is 0.123 e. The van der Waals surface area contributed by atoms with Crippen LogP contribution >= 0.6 is 0 Å². The van der Waals surface area contributed by atoms with Crippen LogP contribution in [-0.4, -0.2) is 17.3 Å². The van der Waals surface area contributed by atoms with E-state index in [0.717, 1.165) is 28.9 Å². The highest BCUT2D eigenvalue weighted by molar-refractivity contribution is 5.62. The molecule has 0 spiro atoms. The number of hydrogen-bond acceptors (Lipinski definition) is 3. The van der Waals surface area contributed by atoms with Crippen LogP contribution < -0.4 is 5.32 Å². The highest BCUT2D eigenvalue weighted by atomic mass is 19.1. The van der Waals surface area contributed by atoms with Gasteiger partial charge in [-0.25, -0.2) is 4.39 Å². The fourth-order valence-electron chi connectivity index (χ4n) is 2.57. The second-order valence-corrected chi connectivity index (χ2v) is 5.63. The predicted molar refractivity (Wildman–Crippen MR) is 91.7 cm³/mol. The first-order valence-corrected chi connectivity index (χ1v) is 7.82. The molecule has 0 atom stereocenters. The minimum absolute atomic E-state index is 0.241. The summed E-state index contributed by atoms with van der Waals surface area (Å²) < 4.78 is 18.2. The molecule has 0 amide bonds. The van der Waals surface area contributed by atoms with Crippen molar-refractivity contribution in [3.05, 3.63) is 77.2 Å². The van der Waals surface area contributed by atoms with Gasteiger partial charge >= 0.3 is 0 Å². The van der Waals surface area contributed by atoms with Crippen molar-refractivity contribution in [1.82, 2.24) is 15.5 Å². The van der Waals surface area contributed by atoms with E-state index in [9.17, 15) is 4.39 Å². The molecule has 2 N–H and O–H groups in total. The Morgan fingerprint density at radius 2 is 1.71 bits per heavy atom. The van der Waals surface area contributed by atoms with Crippen molar-refractivity contribution in [2.45, 2.75) is 19.7 Å². The predicted octanol–water partition coefficient (Wildman–Crippen LogP) is 3.65. The minimum atomic E-state index is -0.241. The maximum atomic E-state index is 13.0. The summed E-state index contributed by atoms with van der Waals surface area (Å²) in [5, 5.41) is 10.5. The Kier molecular flexibility index (Phi) is 5.36. The molecule has 0 bridgehead atoms. The van der Waals surface area contributed by atoms with Crippen molar-refractivity contribution in [3.63, 3.8) is 0 Å². The van der Waals surface area contributed by atoms with Crippen LogP contribution in [0.4, 0.5) is 4.39 Å². The van der Waals surface area contributed by atoms with Gasteiger partial charge in [-0.1, -0.05) is 24.3 Å². The Morgan fingerprint density at radius 3 is 2.42 bits per heavy atom. The van der Waals surface area contributed by atoms with Gasteiger partial charge in [-0.05, 0) is 35.4 Å². The summed E-state index contributed by atoms with van der Waals surface area (Å²) in [6, 6.07) is 14.7. The third kappa shape index (κ3) is 4.07. The molecule has 3 rings (SSSR count). The topological polar surface area (TPSA) is 49.9 Å². The summed E-state index contributed by atoms with van der Waals surface area (Å²) in [5.74, 6) is -0.241. The van der Waals surface area contributed by atoms with Gasteiger partial charge in [0.15, 0.2) is 0 Å². The third-order valence-corrected chi connectivity index (χ3v) is 3.83. The summed E-state index contributed by atoms with van der Waals surface area (Å²) in [4.78, 5) is 0. The van der Waals surface area contributed by atoms with Gasteiger partial charge in [0.1, 0.15) is 5.82 Å². The van der Waals surface area contributed by atoms with Crippen molar-refractivity contribution in [2.24, 2.45) is 0 Å². The van der Waals surface area contributed by atoms with Crippen molar-refractivity contribution in [1.29, 1.82) is 0 Å². The number of aromatic amines is 1. The molecule has 0 saturated heterocycles. The van der Waals surface area contributed by atoms with Crippen LogP contribution in [0.25, 0.3) is 11.3 Å². The minimum Gasteiger partial charge on any atom is -0.380 e. The number of nitrogens with zero attached hydrogens (tertiary/aromatic N) is 1. The first kappa shape index (κ1) is 16.4. The number of aromatic nitrogens is 2. The van der Waals surface area contributed by atoms with Crippen molar-refractivity contribution in [3.8, 4) is 11.3 Å². The third-order valence-electron chi connectivity index (χ3n) is 3.83. The highest BCUT2D eigenvalue weighted by Gasteiger charge is 2.07. The second kappa shape index (κ2) is 7.86. The van der Waals surface area contributed by atoms with E-state index in [1.807, 2.05) is 0 Å². The number of rotatable bonds is 7. The molecule has 3 aromatic rings. The van der Waals surface area contributed by atoms with Crippen LogP contribution in [0.2, 0.25) is 0 Å². The molecule has 0 aliphatic carbocycles. The smallest absolute Gasteiger partial charge is 0.123 e. The number of halogens is 1. The SMILES string of the molecule is COCc1ccc(CNCc2cn[nH]c2-c2ccc(F)cc2)cc1. The van der Waals surface area contributed by atoms with Crippen molar-refractivity contribution < 1.29 is 9.13 Å². The summed E-state index contributed by atoms with van der Waals surface area (Å²) in [5.41, 5.74) is 5.27. The quantitative estimate of drug-likeness (QED) is 0.697. The van der Waals surface area contributed by atoms with Gasteiger partial charge in [0, 0.05) is 31.3 Å². The van der Waals surface area contributed by atoms with Gasteiger partial charge in [0.05, 0.1) is 18.5 Å². The van der Waals surface area contributed by atoms with E-state index in [1.165, 1.54) is 17.7 Å². The molecule has 1 heterocycles. The summed E-state index contributed by atoms with van der Waals surface area (Å²) >= 11 is 0. The highest BCUT2D eigenvalue weighted by Crippen LogP contribution is 2.21. The average Bonchev–Trinajstić information content (AvgIpc) is 3.06. The molecule has 4 nitrogen and oxygen atoms in total. The molecule has 24 heavy (non-hydrogen) atoms. The van der Waals surface area contributed by atoms with Crippen LogP contribution in [0.5, 0.6) is 0 Å². The van der Waals surface area contributed by atoms with Gasteiger partial charge in [0.25, 0.3) is 0 Å². The summed E-state index contributed by atoms with van der Waals surface area (Å²) in [6.45, 7) is 2.08.